The van der Waals surface area contributed by atoms with E-state index in [1.165, 1.54) is 12.1 Å². The largest absolute Gasteiger partial charge is 0.478 e. The lowest BCUT2D eigenvalue weighted by molar-refractivity contribution is 0.0686. The summed E-state index contributed by atoms with van der Waals surface area (Å²) in [5, 5.41) is 22.5. The molecule has 5 rings (SSSR count). The summed E-state index contributed by atoms with van der Waals surface area (Å²) in [5.41, 5.74) is 11.4. The molecule has 1 aliphatic heterocycles. The minimum Gasteiger partial charge on any atom is -0.478 e. The van der Waals surface area contributed by atoms with Crippen LogP contribution in [0.1, 0.15) is 20.7 Å². The molecule has 0 saturated carbocycles. The molecule has 0 radical (unpaired) electrons. The quantitative estimate of drug-likeness (QED) is 0.250. The number of carbonyl (C=O) groups is 2. The SMILES string of the molecule is NCCN=c1cc2n(-c3ccc(C(=O)O)cc3)c3ccccc3nc-2cc1Nc1ccc(C(=O)O)cc1. The van der Waals surface area contributed by atoms with Crippen molar-refractivity contribution in [2.75, 3.05) is 18.4 Å². The number of aromatic nitrogens is 2. The Hall–Kier alpha value is -5.02. The van der Waals surface area contributed by atoms with Crippen molar-refractivity contribution in [3.8, 4) is 17.1 Å². The van der Waals surface area contributed by atoms with Gasteiger partial charge in [0.15, 0.2) is 0 Å². The molecule has 1 aliphatic carbocycles. The molecule has 0 amide bonds. The number of nitrogens with two attached hydrogens (primary N) is 1. The highest BCUT2D eigenvalue weighted by molar-refractivity contribution is 5.89. The van der Waals surface area contributed by atoms with Gasteiger partial charge in [0.2, 0.25) is 0 Å². The van der Waals surface area contributed by atoms with Crippen LogP contribution in [0.3, 0.4) is 0 Å². The fraction of sp³-hybridized carbons (Fsp3) is 0.0714. The highest BCUT2D eigenvalue weighted by atomic mass is 16.4. The standard InChI is InChI=1S/C28H23N5O4/c29-13-14-30-22-16-26-24(15-23(22)31-19-9-5-17(6-10-19)27(34)35)32-21-3-1-2-4-25(21)33(26)20-11-7-18(8-12-20)28(36)37/h1-12,15-16,31H,13-14,29H2,(H,34,35)(H,36,37). The van der Waals surface area contributed by atoms with Gasteiger partial charge in [-0.3, -0.25) is 4.99 Å². The number of anilines is 2. The third-order valence-corrected chi connectivity index (χ3v) is 5.89. The molecule has 37 heavy (non-hydrogen) atoms. The second-order valence-electron chi connectivity index (χ2n) is 8.32. The van der Waals surface area contributed by atoms with E-state index < -0.39 is 11.9 Å². The molecule has 0 spiro atoms. The molecule has 9 heteroatoms. The van der Waals surface area contributed by atoms with E-state index in [-0.39, 0.29) is 11.1 Å². The molecule has 0 atom stereocenters. The Morgan fingerprint density at radius 3 is 2.19 bits per heavy atom. The van der Waals surface area contributed by atoms with Crippen LogP contribution in [-0.2, 0) is 0 Å². The Morgan fingerprint density at radius 2 is 1.54 bits per heavy atom. The van der Waals surface area contributed by atoms with Crippen LogP contribution >= 0.6 is 0 Å². The first-order valence-electron chi connectivity index (χ1n) is 11.5. The molecule has 2 aliphatic rings. The van der Waals surface area contributed by atoms with Crippen molar-refractivity contribution in [2.24, 2.45) is 10.7 Å². The topological polar surface area (TPSA) is 143 Å². The minimum absolute atomic E-state index is 0.195. The van der Waals surface area contributed by atoms with Gasteiger partial charge in [-0.1, -0.05) is 12.1 Å². The summed E-state index contributed by atoms with van der Waals surface area (Å²) in [5.74, 6) is -1.98. The number of nitrogens with zero attached hydrogens (tertiary/aromatic N) is 3. The van der Waals surface area contributed by atoms with E-state index in [9.17, 15) is 19.8 Å². The predicted molar refractivity (Wildman–Crippen MR) is 141 cm³/mol. The molecule has 3 aromatic carbocycles. The van der Waals surface area contributed by atoms with Gasteiger partial charge in [0.25, 0.3) is 0 Å². The van der Waals surface area contributed by atoms with Crippen molar-refractivity contribution in [2.45, 2.75) is 0 Å². The number of para-hydroxylation sites is 2. The predicted octanol–water partition coefficient (Wildman–Crippen LogP) is 4.13. The van der Waals surface area contributed by atoms with Crippen molar-refractivity contribution >= 4 is 34.3 Å². The third kappa shape index (κ3) is 4.75. The van der Waals surface area contributed by atoms with E-state index in [1.807, 2.05) is 41.0 Å². The summed E-state index contributed by atoms with van der Waals surface area (Å²) in [4.78, 5) is 32.1. The molecule has 5 N–H and O–H groups in total. The summed E-state index contributed by atoms with van der Waals surface area (Å²) >= 11 is 0. The van der Waals surface area contributed by atoms with Crippen LogP contribution in [0.25, 0.3) is 28.1 Å². The van der Waals surface area contributed by atoms with Crippen LogP contribution < -0.4 is 16.4 Å². The molecule has 3 aromatic rings. The van der Waals surface area contributed by atoms with Crippen LogP contribution in [0.4, 0.5) is 11.4 Å². The summed E-state index contributed by atoms with van der Waals surface area (Å²) in [6.45, 7) is 0.782. The highest BCUT2D eigenvalue weighted by Crippen LogP contribution is 2.30. The number of rotatable bonds is 7. The molecular formula is C28H23N5O4. The highest BCUT2D eigenvalue weighted by Gasteiger charge is 2.17. The van der Waals surface area contributed by atoms with Gasteiger partial charge in [0.1, 0.15) is 0 Å². The summed E-state index contributed by atoms with van der Waals surface area (Å²) in [7, 11) is 0. The Bertz CT molecular complexity index is 1660. The first-order valence-corrected chi connectivity index (χ1v) is 11.5. The molecule has 1 heterocycles. The molecule has 0 bridgehead atoms. The fourth-order valence-corrected chi connectivity index (χ4v) is 4.14. The van der Waals surface area contributed by atoms with Crippen LogP contribution in [0.5, 0.6) is 0 Å². The number of aromatic carboxylic acids is 2. The number of hydrogen-bond donors (Lipinski definition) is 4. The molecular weight excluding hydrogens is 470 g/mol. The Kier molecular flexibility index (Phi) is 6.36. The number of carboxylic acid groups (broad SMARTS) is 2. The second-order valence-corrected chi connectivity index (χ2v) is 8.32. The lowest BCUT2D eigenvalue weighted by Gasteiger charge is -2.20. The maximum absolute atomic E-state index is 11.4. The zero-order valence-electron chi connectivity index (χ0n) is 19.6. The lowest BCUT2D eigenvalue weighted by atomic mass is 10.1. The van der Waals surface area contributed by atoms with Crippen LogP contribution in [0.15, 0.2) is 89.9 Å². The van der Waals surface area contributed by atoms with Crippen molar-refractivity contribution in [3.05, 3.63) is 101 Å². The Labute approximate surface area is 211 Å². The van der Waals surface area contributed by atoms with Gasteiger partial charge in [0, 0.05) is 17.9 Å². The third-order valence-electron chi connectivity index (χ3n) is 5.89. The van der Waals surface area contributed by atoms with Gasteiger partial charge in [-0.05, 0) is 72.8 Å². The maximum Gasteiger partial charge on any atom is 0.335 e. The first-order chi connectivity index (χ1) is 17.9. The Balaban J connectivity index is 1.72. The van der Waals surface area contributed by atoms with Gasteiger partial charge in [-0.25, -0.2) is 14.6 Å². The minimum atomic E-state index is -0.993. The van der Waals surface area contributed by atoms with Gasteiger partial charge in [-0.15, -0.1) is 0 Å². The summed E-state index contributed by atoms with van der Waals surface area (Å²) in [6, 6.07) is 24.6. The van der Waals surface area contributed by atoms with Crippen LogP contribution in [0, 0.1) is 0 Å². The van der Waals surface area contributed by atoms with Crippen LogP contribution in [0.2, 0.25) is 0 Å². The van der Waals surface area contributed by atoms with Gasteiger partial charge in [-0.2, -0.15) is 0 Å². The van der Waals surface area contributed by atoms with Crippen molar-refractivity contribution in [3.63, 3.8) is 0 Å². The van der Waals surface area contributed by atoms with E-state index in [0.29, 0.717) is 35.5 Å². The van der Waals surface area contributed by atoms with Gasteiger partial charge in [0.05, 0.1) is 51.1 Å². The molecule has 0 aromatic heterocycles. The van der Waals surface area contributed by atoms with E-state index in [1.54, 1.807) is 36.4 Å². The van der Waals surface area contributed by atoms with E-state index in [2.05, 4.69) is 10.3 Å². The number of hydrogen-bond acceptors (Lipinski definition) is 6. The lowest BCUT2D eigenvalue weighted by Crippen LogP contribution is -2.17. The second kappa shape index (κ2) is 9.92. The van der Waals surface area contributed by atoms with Crippen LogP contribution in [-0.4, -0.2) is 44.8 Å². The molecule has 0 fully saturated rings. The van der Waals surface area contributed by atoms with E-state index in [0.717, 1.165) is 22.4 Å². The molecule has 184 valence electrons. The fourth-order valence-electron chi connectivity index (χ4n) is 4.14. The average Bonchev–Trinajstić information content (AvgIpc) is 2.91. The van der Waals surface area contributed by atoms with Crippen molar-refractivity contribution in [1.82, 2.24) is 9.55 Å². The summed E-state index contributed by atoms with van der Waals surface area (Å²) in [6.07, 6.45) is 0. The molecule has 0 unspecified atom stereocenters. The smallest absolute Gasteiger partial charge is 0.335 e. The number of carboxylic acids is 2. The van der Waals surface area contributed by atoms with Gasteiger partial charge >= 0.3 is 11.9 Å². The molecule has 0 saturated heterocycles. The zero-order chi connectivity index (χ0) is 25.9. The van der Waals surface area contributed by atoms with Gasteiger partial charge < -0.3 is 25.8 Å². The first kappa shape index (κ1) is 23.7. The summed E-state index contributed by atoms with van der Waals surface area (Å²) < 4.78 is 2.02. The Morgan fingerprint density at radius 1 is 0.892 bits per heavy atom. The average molecular weight is 494 g/mol. The maximum atomic E-state index is 11.4. The van der Waals surface area contributed by atoms with Crippen molar-refractivity contribution < 1.29 is 19.8 Å². The monoisotopic (exact) mass is 493 g/mol. The van der Waals surface area contributed by atoms with E-state index in [4.69, 9.17) is 10.7 Å². The number of fused-ring (bicyclic) bond motifs is 2. The normalized spacial score (nSPS) is 11.6. The number of nitrogens with one attached hydrogen (secondary N) is 1. The van der Waals surface area contributed by atoms with E-state index >= 15 is 0 Å². The molecule has 9 nitrogen and oxygen atoms in total. The van der Waals surface area contributed by atoms with Crippen molar-refractivity contribution in [1.29, 1.82) is 0 Å². The number of benzene rings is 4. The zero-order valence-corrected chi connectivity index (χ0v) is 19.6.